The third-order valence-corrected chi connectivity index (χ3v) is 16.9. The Morgan fingerprint density at radius 3 is 1.47 bits per heavy atom. The lowest BCUT2D eigenvalue weighted by Crippen LogP contribution is -2.54. The lowest BCUT2D eigenvalue weighted by molar-refractivity contribution is -0.150. The summed E-state index contributed by atoms with van der Waals surface area (Å²) in [5, 5.41) is 49.9. The molecule has 2 fully saturated rings. The number of nitrogens with two attached hydrogens (primary N) is 1. The maximum Gasteiger partial charge on any atom is 0.326 e. The maximum atomic E-state index is 13.9. The summed E-state index contributed by atoms with van der Waals surface area (Å²) < 4.78 is 0. The Morgan fingerprint density at radius 1 is 0.646 bits per heavy atom. The number of aliphatic carboxylic acids is 1. The van der Waals surface area contributed by atoms with Crippen molar-refractivity contribution >= 4 is 58.1 Å². The van der Waals surface area contributed by atoms with Crippen molar-refractivity contribution in [3.8, 4) is 32.4 Å². The zero-order valence-electron chi connectivity index (χ0n) is 45.0. The maximum absolute atomic E-state index is 13.9. The van der Waals surface area contributed by atoms with Crippen LogP contribution in [-0.4, -0.2) is 140 Å². The lowest BCUT2D eigenvalue weighted by atomic mass is 9.97. The van der Waals surface area contributed by atoms with Gasteiger partial charge >= 0.3 is 5.97 Å². The number of phenols is 2. The van der Waals surface area contributed by atoms with Crippen molar-refractivity contribution in [2.75, 3.05) is 13.1 Å². The summed E-state index contributed by atoms with van der Waals surface area (Å²) in [6.07, 6.45) is -1.05. The molecule has 4 aliphatic rings. The van der Waals surface area contributed by atoms with Crippen LogP contribution < -0.4 is 5.73 Å². The SMILES string of the molecule is CC(C)[C@@H](C(=O)N1C[C@H](O)C[C@H]1C(=O)O)N1Cc2ccccc2C1=O.Cc1ncsc1-c1ccc(CCC(=O)[C@@H]2C[C@@H](O)CN2C(=O)[C@H](C(C)C)N2Cc3ccccc3C2=O)c(O)c1.Cc1ncsc1-c1ccc(CN)c(O)c1. The number of hydrogen-bond donors (Lipinski definition) is 6. The molecule has 0 radical (unpaired) electrons. The average molecular weight is 1110 g/mol. The number of amides is 4. The van der Waals surface area contributed by atoms with E-state index >= 15 is 0 Å². The van der Waals surface area contributed by atoms with Crippen molar-refractivity contribution < 1.29 is 54.3 Å². The number of benzene rings is 4. The number of carboxylic acids is 1. The molecule has 6 atom stereocenters. The minimum absolute atomic E-state index is 0.0139. The summed E-state index contributed by atoms with van der Waals surface area (Å²) in [5.41, 5.74) is 17.1. The van der Waals surface area contributed by atoms with Gasteiger partial charge in [0.25, 0.3) is 11.8 Å². The molecule has 416 valence electrons. The fraction of sp³-hybridized carbons (Fsp3) is 0.390. The second kappa shape index (κ2) is 24.8. The Bertz CT molecular complexity index is 3250. The molecule has 18 nitrogen and oxygen atoms in total. The summed E-state index contributed by atoms with van der Waals surface area (Å²) >= 11 is 3.07. The predicted molar refractivity (Wildman–Crippen MR) is 299 cm³/mol. The summed E-state index contributed by atoms with van der Waals surface area (Å²) in [6.45, 7) is 12.4. The summed E-state index contributed by atoms with van der Waals surface area (Å²) in [6, 6.07) is 22.2. The second-order valence-electron chi connectivity index (χ2n) is 21.1. The van der Waals surface area contributed by atoms with Crippen LogP contribution >= 0.6 is 22.7 Å². The molecule has 0 saturated carbocycles. The van der Waals surface area contributed by atoms with Crippen molar-refractivity contribution in [2.45, 2.75) is 123 Å². The highest BCUT2D eigenvalue weighted by atomic mass is 32.1. The summed E-state index contributed by atoms with van der Waals surface area (Å²) in [4.78, 5) is 93.9. The smallest absolute Gasteiger partial charge is 0.326 e. The quantitative estimate of drug-likeness (QED) is 0.0644. The van der Waals surface area contributed by atoms with E-state index in [-0.39, 0.29) is 79.2 Å². The lowest BCUT2D eigenvalue weighted by Gasteiger charge is -2.35. The van der Waals surface area contributed by atoms with Gasteiger partial charge in [-0.25, -0.2) is 14.8 Å². The molecule has 6 aromatic rings. The Labute approximate surface area is 466 Å². The molecule has 0 spiro atoms. The number of rotatable bonds is 14. The molecule has 0 aliphatic carbocycles. The van der Waals surface area contributed by atoms with Crippen molar-refractivity contribution in [1.29, 1.82) is 0 Å². The first-order valence-electron chi connectivity index (χ1n) is 26.3. The number of phenolic OH excluding ortho intramolecular Hbond substituents is 2. The van der Waals surface area contributed by atoms with E-state index in [1.54, 1.807) is 57.6 Å². The second-order valence-corrected chi connectivity index (χ2v) is 22.8. The van der Waals surface area contributed by atoms with Crippen LogP contribution in [0, 0.1) is 25.7 Å². The molecule has 7 N–H and O–H groups in total. The number of aliphatic hydroxyl groups is 2. The highest BCUT2D eigenvalue weighted by Crippen LogP contribution is 2.36. The number of carbonyl (C=O) groups is 6. The normalized spacial score (nSPS) is 19.2. The average Bonchev–Trinajstić information content (AvgIpc) is 4.42. The van der Waals surface area contributed by atoms with Gasteiger partial charge in [-0.2, -0.15) is 0 Å². The number of hydrogen-bond acceptors (Lipinski definition) is 15. The molecule has 79 heavy (non-hydrogen) atoms. The summed E-state index contributed by atoms with van der Waals surface area (Å²) in [5.74, 6) is -2.43. The van der Waals surface area contributed by atoms with Crippen LogP contribution in [0.5, 0.6) is 11.5 Å². The van der Waals surface area contributed by atoms with E-state index in [0.29, 0.717) is 42.7 Å². The number of aromatic nitrogens is 2. The van der Waals surface area contributed by atoms with E-state index < -0.39 is 48.3 Å². The number of carboxylic acid groups (broad SMARTS) is 1. The van der Waals surface area contributed by atoms with E-state index in [2.05, 4.69) is 9.97 Å². The highest BCUT2D eigenvalue weighted by molar-refractivity contribution is 7.13. The van der Waals surface area contributed by atoms with Crippen LogP contribution in [0.3, 0.4) is 0 Å². The number of ketones is 1. The number of Topliss-reactive ketones (excluding diaryl/α,β-unsaturated/α-hetero) is 1. The van der Waals surface area contributed by atoms with Gasteiger partial charge in [0, 0.05) is 68.7 Å². The molecule has 2 saturated heterocycles. The number of carbonyl (C=O) groups excluding carboxylic acids is 5. The van der Waals surface area contributed by atoms with Crippen molar-refractivity contribution in [2.24, 2.45) is 17.6 Å². The zero-order chi connectivity index (χ0) is 57.0. The Morgan fingerprint density at radius 2 is 1.08 bits per heavy atom. The van der Waals surface area contributed by atoms with E-state index in [1.807, 2.05) is 96.1 Å². The molecule has 10 rings (SSSR count). The van der Waals surface area contributed by atoms with Gasteiger partial charge in [0.2, 0.25) is 11.8 Å². The molecule has 4 aromatic carbocycles. The fourth-order valence-electron chi connectivity index (χ4n) is 10.9. The topological polar surface area (TPSA) is 268 Å². The van der Waals surface area contributed by atoms with Crippen LogP contribution in [-0.2, 0) is 45.2 Å². The van der Waals surface area contributed by atoms with Crippen LogP contribution in [0.25, 0.3) is 20.9 Å². The number of aliphatic hydroxyl groups excluding tert-OH is 2. The highest BCUT2D eigenvalue weighted by Gasteiger charge is 2.47. The van der Waals surface area contributed by atoms with E-state index in [1.165, 1.54) is 26.0 Å². The van der Waals surface area contributed by atoms with Crippen molar-refractivity contribution in [3.05, 3.63) is 141 Å². The minimum atomic E-state index is -1.14. The minimum Gasteiger partial charge on any atom is -0.508 e. The van der Waals surface area contributed by atoms with Gasteiger partial charge in [-0.1, -0.05) is 88.4 Å². The first-order valence-corrected chi connectivity index (χ1v) is 28.1. The zero-order valence-corrected chi connectivity index (χ0v) is 46.6. The van der Waals surface area contributed by atoms with E-state index in [4.69, 9.17) is 5.73 Å². The number of nitrogens with zero attached hydrogens (tertiary/aromatic N) is 6. The first-order chi connectivity index (χ1) is 37.7. The third-order valence-electron chi connectivity index (χ3n) is 15.0. The van der Waals surface area contributed by atoms with Crippen molar-refractivity contribution in [1.82, 2.24) is 29.6 Å². The van der Waals surface area contributed by atoms with Crippen LogP contribution in [0.4, 0.5) is 0 Å². The van der Waals surface area contributed by atoms with Gasteiger partial charge in [0.15, 0.2) is 5.78 Å². The first kappa shape index (κ1) is 57.8. The monoisotopic (exact) mass is 1110 g/mol. The van der Waals surface area contributed by atoms with Gasteiger partial charge in [-0.05, 0) is 84.2 Å². The number of aryl methyl sites for hydroxylation is 3. The molecule has 6 heterocycles. The number of aromatic hydroxyl groups is 2. The van der Waals surface area contributed by atoms with Crippen molar-refractivity contribution in [3.63, 3.8) is 0 Å². The van der Waals surface area contributed by atoms with Crippen LogP contribution in [0.2, 0.25) is 0 Å². The molecule has 20 heteroatoms. The van der Waals surface area contributed by atoms with Gasteiger partial charge < -0.3 is 50.9 Å². The molecule has 0 unspecified atom stereocenters. The standard InChI is InChI=1S/C30H33N3O5S.C18H22N2O5.C11H12N2OS/c1-17(2)27(33-14-21-6-4-5-7-23(21)29(33)37)30(38)32-15-22(34)13-24(32)25(35)11-10-19-8-9-20(12-26(19)36)28-18(3)31-16-39-28;1-10(2)15(17(23)19-9-12(21)7-14(19)18(24)25)20-8-11-5-3-4-6-13(11)16(20)22;1-7-11(15-6-13-7)8-2-3-9(5-12)10(14)4-8/h4-9,12,16-17,22,24,27,34,36H,10-11,13-15H2,1-3H3;3-6,10,12,14-15,21H,7-9H2,1-2H3,(H,24,25);2-4,6,14H,5,12H2,1H3/t22-,24+,27+;12-,14+,15+;/m11./s1. The van der Waals surface area contributed by atoms with Gasteiger partial charge in [-0.15, -0.1) is 22.7 Å². The van der Waals surface area contributed by atoms with Crippen LogP contribution in [0.1, 0.15) is 101 Å². The molecular formula is C59H67N7O11S2. The Balaban J connectivity index is 0.000000174. The van der Waals surface area contributed by atoms with Gasteiger partial charge in [0.1, 0.15) is 29.6 Å². The van der Waals surface area contributed by atoms with E-state index in [0.717, 1.165) is 49.0 Å². The molecular weight excluding hydrogens is 1050 g/mol. The largest absolute Gasteiger partial charge is 0.508 e. The number of fused-ring (bicyclic) bond motifs is 2. The number of thiazole rings is 2. The fourth-order valence-corrected chi connectivity index (χ4v) is 12.5. The Kier molecular flexibility index (Phi) is 18.1. The van der Waals surface area contributed by atoms with Gasteiger partial charge in [-0.3, -0.25) is 24.0 Å². The number of likely N-dealkylation sites (tertiary alicyclic amines) is 2. The van der Waals surface area contributed by atoms with Crippen LogP contribution in [0.15, 0.2) is 96.0 Å². The molecule has 0 bridgehead atoms. The number of β-amino-alcohol motifs (C(OH)–C–C–N with tert-alkyl or cyclic N) is 2. The molecule has 2 aromatic heterocycles. The van der Waals surface area contributed by atoms with Gasteiger partial charge in [0.05, 0.1) is 50.4 Å². The third kappa shape index (κ3) is 12.4. The van der Waals surface area contributed by atoms with E-state index in [9.17, 15) is 54.3 Å². The Hall–Kier alpha value is -7.36. The summed E-state index contributed by atoms with van der Waals surface area (Å²) in [7, 11) is 0. The molecule has 4 aliphatic heterocycles. The predicted octanol–water partition coefficient (Wildman–Crippen LogP) is 6.96. The molecule has 4 amide bonds.